The van der Waals surface area contributed by atoms with Crippen LogP contribution in [0.4, 0.5) is 0 Å². The van der Waals surface area contributed by atoms with E-state index < -0.39 is 12.2 Å². The molecule has 150 valence electrons. The van der Waals surface area contributed by atoms with E-state index in [1.165, 1.54) is 44.6 Å². The first-order chi connectivity index (χ1) is 12.6. The van der Waals surface area contributed by atoms with Gasteiger partial charge in [0.25, 0.3) is 0 Å². The first kappa shape index (κ1) is 22.7. The molecule has 0 aliphatic heterocycles. The summed E-state index contributed by atoms with van der Waals surface area (Å²) in [6.45, 7) is 5.71. The van der Waals surface area contributed by atoms with Gasteiger partial charge in [-0.05, 0) is 19.3 Å². The van der Waals surface area contributed by atoms with Crippen molar-refractivity contribution in [2.24, 2.45) is 0 Å². The van der Waals surface area contributed by atoms with Gasteiger partial charge in [0.05, 0.1) is 12.5 Å². The van der Waals surface area contributed by atoms with Gasteiger partial charge in [-0.25, -0.2) is 0 Å². The fourth-order valence-electron chi connectivity index (χ4n) is 3.31. The van der Waals surface area contributed by atoms with Crippen molar-refractivity contribution in [2.45, 2.75) is 109 Å². The number of ether oxygens (including phenoxy) is 2. The predicted octanol–water partition coefficient (Wildman–Crippen LogP) is 4.46. The number of aliphatic hydroxyl groups is 1. The molecule has 3 unspecified atom stereocenters. The van der Waals surface area contributed by atoms with E-state index in [2.05, 4.69) is 13.5 Å². The summed E-state index contributed by atoms with van der Waals surface area (Å²) in [5, 5.41) is 10.2. The van der Waals surface area contributed by atoms with Gasteiger partial charge in [-0.1, -0.05) is 57.9 Å². The van der Waals surface area contributed by atoms with Crippen molar-refractivity contribution in [1.29, 1.82) is 0 Å². The summed E-state index contributed by atoms with van der Waals surface area (Å²) in [7, 11) is 0. The second kappa shape index (κ2) is 13.8. The first-order valence-electron chi connectivity index (χ1n) is 10.2. The highest BCUT2D eigenvalue weighted by molar-refractivity contribution is 5.71. The van der Waals surface area contributed by atoms with Crippen LogP contribution >= 0.6 is 0 Å². The second-order valence-electron chi connectivity index (χ2n) is 7.24. The van der Waals surface area contributed by atoms with Crippen LogP contribution in [0.2, 0.25) is 0 Å². The lowest BCUT2D eigenvalue weighted by atomic mass is 9.92. The molecule has 1 N–H and O–H groups in total. The van der Waals surface area contributed by atoms with Gasteiger partial charge in [-0.15, -0.1) is 6.58 Å². The second-order valence-corrected chi connectivity index (χ2v) is 7.24. The zero-order valence-electron chi connectivity index (χ0n) is 16.3. The van der Waals surface area contributed by atoms with Crippen molar-refractivity contribution in [2.75, 3.05) is 0 Å². The quantitative estimate of drug-likeness (QED) is 0.295. The molecule has 0 heterocycles. The van der Waals surface area contributed by atoms with Gasteiger partial charge in [-0.2, -0.15) is 0 Å². The number of unbranched alkanes of at least 4 members (excludes halogenated alkanes) is 7. The number of aliphatic hydroxyl groups excluding tert-OH is 1. The zero-order valence-corrected chi connectivity index (χ0v) is 16.3. The average Bonchev–Trinajstić information content (AvgIpc) is 2.60. The maximum absolute atomic E-state index is 11.9. The van der Waals surface area contributed by atoms with E-state index in [4.69, 9.17) is 9.47 Å². The van der Waals surface area contributed by atoms with Gasteiger partial charge >= 0.3 is 11.9 Å². The SMILES string of the molecule is C=CCC(=O)OC1CCC(OC(=O)CCCCCCCCCC)C(O)C1. The summed E-state index contributed by atoms with van der Waals surface area (Å²) in [6, 6.07) is 0. The van der Waals surface area contributed by atoms with Crippen molar-refractivity contribution in [1.82, 2.24) is 0 Å². The van der Waals surface area contributed by atoms with Crippen LogP contribution < -0.4 is 0 Å². The van der Waals surface area contributed by atoms with E-state index in [9.17, 15) is 14.7 Å². The van der Waals surface area contributed by atoms with Crippen LogP contribution in [0.3, 0.4) is 0 Å². The Balaban J connectivity index is 2.11. The topological polar surface area (TPSA) is 72.8 Å². The van der Waals surface area contributed by atoms with Crippen LogP contribution in [-0.4, -0.2) is 35.4 Å². The molecule has 0 spiro atoms. The number of carbonyl (C=O) groups excluding carboxylic acids is 2. The number of hydrogen-bond donors (Lipinski definition) is 1. The largest absolute Gasteiger partial charge is 0.462 e. The monoisotopic (exact) mass is 368 g/mol. The molecule has 1 saturated carbocycles. The van der Waals surface area contributed by atoms with E-state index >= 15 is 0 Å². The molecule has 0 aromatic carbocycles. The molecule has 1 aliphatic carbocycles. The molecule has 0 bridgehead atoms. The molecule has 26 heavy (non-hydrogen) atoms. The highest BCUT2D eigenvalue weighted by atomic mass is 16.6. The Morgan fingerprint density at radius 3 is 2.27 bits per heavy atom. The van der Waals surface area contributed by atoms with Crippen molar-refractivity contribution in [3.8, 4) is 0 Å². The molecule has 1 fully saturated rings. The third kappa shape index (κ3) is 9.95. The Morgan fingerprint density at radius 2 is 1.65 bits per heavy atom. The summed E-state index contributed by atoms with van der Waals surface area (Å²) >= 11 is 0. The molecule has 3 atom stereocenters. The molecule has 0 radical (unpaired) electrons. The fourth-order valence-corrected chi connectivity index (χ4v) is 3.31. The van der Waals surface area contributed by atoms with Crippen molar-refractivity contribution < 1.29 is 24.2 Å². The number of rotatable bonds is 13. The summed E-state index contributed by atoms with van der Waals surface area (Å²) in [5.74, 6) is -0.565. The van der Waals surface area contributed by atoms with Crippen molar-refractivity contribution >= 4 is 11.9 Å². The molecule has 1 rings (SSSR count). The van der Waals surface area contributed by atoms with E-state index in [0.29, 0.717) is 25.7 Å². The Hall–Kier alpha value is -1.36. The van der Waals surface area contributed by atoms with Gasteiger partial charge in [-0.3, -0.25) is 9.59 Å². The molecule has 0 aromatic heterocycles. The van der Waals surface area contributed by atoms with E-state index in [0.717, 1.165) is 12.8 Å². The summed E-state index contributed by atoms with van der Waals surface area (Å²) in [5.41, 5.74) is 0. The Labute approximate surface area is 158 Å². The van der Waals surface area contributed by atoms with E-state index in [1.807, 2.05) is 0 Å². The predicted molar refractivity (Wildman–Crippen MR) is 102 cm³/mol. The van der Waals surface area contributed by atoms with Crippen LogP contribution in [0.1, 0.15) is 90.4 Å². The molecular weight excluding hydrogens is 332 g/mol. The first-order valence-corrected chi connectivity index (χ1v) is 10.2. The molecule has 0 saturated heterocycles. The third-order valence-electron chi connectivity index (χ3n) is 4.83. The van der Waals surface area contributed by atoms with Crippen molar-refractivity contribution in [3.63, 3.8) is 0 Å². The minimum atomic E-state index is -0.771. The fraction of sp³-hybridized carbons (Fsp3) is 0.810. The summed E-state index contributed by atoms with van der Waals surface area (Å²) in [6.07, 6.45) is 11.4. The van der Waals surface area contributed by atoms with Gasteiger partial charge in [0.2, 0.25) is 0 Å². The average molecular weight is 369 g/mol. The maximum Gasteiger partial charge on any atom is 0.309 e. The molecule has 0 aromatic rings. The smallest absolute Gasteiger partial charge is 0.309 e. The van der Waals surface area contributed by atoms with Crippen LogP contribution in [0, 0.1) is 0 Å². The van der Waals surface area contributed by atoms with Crippen LogP contribution in [-0.2, 0) is 19.1 Å². The Morgan fingerprint density at radius 1 is 1.00 bits per heavy atom. The van der Waals surface area contributed by atoms with Gasteiger partial charge in [0.15, 0.2) is 0 Å². The summed E-state index contributed by atoms with van der Waals surface area (Å²) in [4.78, 5) is 23.4. The highest BCUT2D eigenvalue weighted by Crippen LogP contribution is 2.25. The molecular formula is C21H36O5. The lowest BCUT2D eigenvalue weighted by Crippen LogP contribution is -2.40. The molecule has 1 aliphatic rings. The summed E-state index contributed by atoms with van der Waals surface area (Å²) < 4.78 is 10.7. The third-order valence-corrected chi connectivity index (χ3v) is 4.83. The van der Waals surface area contributed by atoms with Gasteiger partial charge in [0.1, 0.15) is 12.2 Å². The van der Waals surface area contributed by atoms with Crippen LogP contribution in [0.5, 0.6) is 0 Å². The van der Waals surface area contributed by atoms with E-state index in [-0.39, 0.29) is 24.5 Å². The molecule has 0 amide bonds. The Kier molecular flexibility index (Phi) is 12.0. The lowest BCUT2D eigenvalue weighted by Gasteiger charge is -2.32. The minimum absolute atomic E-state index is 0.170. The minimum Gasteiger partial charge on any atom is -0.462 e. The number of esters is 2. The Bertz CT molecular complexity index is 421. The van der Waals surface area contributed by atoms with Gasteiger partial charge in [0, 0.05) is 12.8 Å². The number of carbonyl (C=O) groups is 2. The van der Waals surface area contributed by atoms with E-state index in [1.54, 1.807) is 0 Å². The van der Waals surface area contributed by atoms with Crippen LogP contribution in [0.15, 0.2) is 12.7 Å². The lowest BCUT2D eigenvalue weighted by molar-refractivity contribution is -0.167. The molecule has 5 nitrogen and oxygen atoms in total. The van der Waals surface area contributed by atoms with Crippen molar-refractivity contribution in [3.05, 3.63) is 12.7 Å². The molecule has 5 heteroatoms. The normalized spacial score (nSPS) is 22.6. The highest BCUT2D eigenvalue weighted by Gasteiger charge is 2.33. The standard InChI is InChI=1S/C21H36O5/c1-3-5-6-7-8-9-10-11-13-21(24)26-19-15-14-17(16-18(19)22)25-20(23)12-4-2/h4,17-19,22H,2-3,5-16H2,1H3. The zero-order chi connectivity index (χ0) is 19.2. The number of hydrogen-bond acceptors (Lipinski definition) is 5. The maximum atomic E-state index is 11.9. The van der Waals surface area contributed by atoms with Crippen LogP contribution in [0.25, 0.3) is 0 Å². The van der Waals surface area contributed by atoms with Gasteiger partial charge < -0.3 is 14.6 Å².